The summed E-state index contributed by atoms with van der Waals surface area (Å²) < 4.78 is 9.02. The molecule has 12 rings (SSSR count). The van der Waals surface area contributed by atoms with Crippen molar-refractivity contribution in [2.24, 2.45) is 0 Å². The van der Waals surface area contributed by atoms with Gasteiger partial charge in [-0.25, -0.2) is 15.0 Å². The summed E-state index contributed by atoms with van der Waals surface area (Å²) in [7, 11) is 0. The Labute approximate surface area is 357 Å². The van der Waals surface area contributed by atoms with Crippen LogP contribution in [0.3, 0.4) is 0 Å². The number of aromatic nitrogens is 4. The molecule has 0 fully saturated rings. The fourth-order valence-corrected chi connectivity index (χ4v) is 8.88. The minimum atomic E-state index is 0.574. The maximum atomic E-state index is 6.67. The van der Waals surface area contributed by atoms with Crippen LogP contribution in [0.5, 0.6) is 0 Å². The van der Waals surface area contributed by atoms with Crippen molar-refractivity contribution in [1.82, 2.24) is 19.5 Å². The van der Waals surface area contributed by atoms with Crippen molar-refractivity contribution in [3.63, 3.8) is 0 Å². The van der Waals surface area contributed by atoms with Crippen molar-refractivity contribution < 1.29 is 4.42 Å². The molecule has 0 aliphatic rings. The Kier molecular flexibility index (Phi) is 8.42. The number of fused-ring (bicyclic) bond motifs is 6. The lowest BCUT2D eigenvalue weighted by Gasteiger charge is -2.10. The van der Waals surface area contributed by atoms with E-state index in [4.69, 9.17) is 19.4 Å². The number of furan rings is 1. The Morgan fingerprint density at radius 2 is 0.839 bits per heavy atom. The summed E-state index contributed by atoms with van der Waals surface area (Å²) in [5, 5.41) is 4.54. The summed E-state index contributed by atoms with van der Waals surface area (Å²) in [5.41, 5.74) is 14.5. The van der Waals surface area contributed by atoms with Gasteiger partial charge in [-0.1, -0.05) is 164 Å². The molecular weight excluding hydrogens is 757 g/mol. The summed E-state index contributed by atoms with van der Waals surface area (Å²) in [4.78, 5) is 15.3. The van der Waals surface area contributed by atoms with Crippen molar-refractivity contribution >= 4 is 43.7 Å². The Bertz CT molecular complexity index is 3610. The SMILES string of the molecule is c1ccc(-c2ccc(-c3nc(-c4cccc(-c5ccccc5)c4)nc(-c4ccc5c(c4)oc4cccc(-c6ccc7c(c6)c6ccccc6n7-c6ccccc6)c45)n3)cc2)cc1. The van der Waals surface area contributed by atoms with Gasteiger partial charge < -0.3 is 8.98 Å². The normalized spacial score (nSPS) is 11.5. The molecule has 0 aliphatic carbocycles. The van der Waals surface area contributed by atoms with E-state index in [1.807, 2.05) is 12.1 Å². The van der Waals surface area contributed by atoms with Crippen LogP contribution in [0.1, 0.15) is 0 Å². The van der Waals surface area contributed by atoms with Crippen LogP contribution in [0.2, 0.25) is 0 Å². The van der Waals surface area contributed by atoms with Crippen molar-refractivity contribution in [1.29, 1.82) is 0 Å². The second-order valence-corrected chi connectivity index (χ2v) is 15.6. The lowest BCUT2D eigenvalue weighted by atomic mass is 9.97. The lowest BCUT2D eigenvalue weighted by Crippen LogP contribution is -2.00. The third kappa shape index (κ3) is 6.14. The molecular formula is C57H36N4O. The second-order valence-electron chi connectivity index (χ2n) is 15.6. The molecule has 3 heterocycles. The minimum absolute atomic E-state index is 0.574. The minimum Gasteiger partial charge on any atom is -0.456 e. The van der Waals surface area contributed by atoms with E-state index in [-0.39, 0.29) is 0 Å². The average molecular weight is 793 g/mol. The molecule has 0 bridgehead atoms. The van der Waals surface area contributed by atoms with Gasteiger partial charge >= 0.3 is 0 Å². The van der Waals surface area contributed by atoms with E-state index in [0.717, 1.165) is 77.7 Å². The number of hydrogen-bond acceptors (Lipinski definition) is 4. The fourth-order valence-electron chi connectivity index (χ4n) is 8.88. The Hall–Kier alpha value is -8.41. The van der Waals surface area contributed by atoms with E-state index < -0.39 is 0 Å². The monoisotopic (exact) mass is 792 g/mol. The highest BCUT2D eigenvalue weighted by Gasteiger charge is 2.19. The molecule has 0 atom stereocenters. The van der Waals surface area contributed by atoms with Crippen LogP contribution in [-0.4, -0.2) is 19.5 Å². The van der Waals surface area contributed by atoms with E-state index in [0.29, 0.717) is 17.5 Å². The van der Waals surface area contributed by atoms with Gasteiger partial charge in [-0.2, -0.15) is 0 Å². The third-order valence-electron chi connectivity index (χ3n) is 11.9. The van der Waals surface area contributed by atoms with Crippen LogP contribution in [0.15, 0.2) is 223 Å². The summed E-state index contributed by atoms with van der Waals surface area (Å²) in [6.07, 6.45) is 0. The van der Waals surface area contributed by atoms with E-state index >= 15 is 0 Å². The van der Waals surface area contributed by atoms with Gasteiger partial charge in [0.05, 0.1) is 11.0 Å². The van der Waals surface area contributed by atoms with Crippen LogP contribution in [0.4, 0.5) is 0 Å². The van der Waals surface area contributed by atoms with Crippen molar-refractivity contribution in [3.05, 3.63) is 218 Å². The Morgan fingerprint density at radius 3 is 1.60 bits per heavy atom. The Morgan fingerprint density at radius 1 is 0.306 bits per heavy atom. The molecule has 5 heteroatoms. The zero-order valence-electron chi connectivity index (χ0n) is 33.5. The van der Waals surface area contributed by atoms with Gasteiger partial charge in [0, 0.05) is 43.9 Å². The van der Waals surface area contributed by atoms with Gasteiger partial charge in [0.15, 0.2) is 17.5 Å². The molecule has 3 aromatic heterocycles. The van der Waals surface area contributed by atoms with E-state index in [2.05, 4.69) is 211 Å². The van der Waals surface area contributed by atoms with Gasteiger partial charge in [0.25, 0.3) is 0 Å². The number of benzene rings is 9. The third-order valence-corrected chi connectivity index (χ3v) is 11.9. The molecule has 12 aromatic rings. The molecule has 5 nitrogen and oxygen atoms in total. The first-order valence-corrected chi connectivity index (χ1v) is 20.8. The first-order valence-electron chi connectivity index (χ1n) is 20.8. The zero-order valence-corrected chi connectivity index (χ0v) is 33.5. The van der Waals surface area contributed by atoms with E-state index in [1.54, 1.807) is 0 Å². The standard InChI is InChI=1S/C57H36N4O/c1-4-14-37(15-5-1)39-26-28-40(29-27-39)55-58-56(43-19-12-18-41(34-43)38-16-6-2-7-17-38)60-57(59-55)44-30-32-48-53(36-44)62-52-25-13-23-46(54(48)52)42-31-33-51-49(35-42)47-22-10-11-24-50(47)61(51)45-20-8-3-9-21-45/h1-36H. The van der Waals surface area contributed by atoms with Crippen LogP contribution in [0, 0.1) is 0 Å². The molecule has 0 amide bonds. The predicted molar refractivity (Wildman–Crippen MR) is 254 cm³/mol. The van der Waals surface area contributed by atoms with Gasteiger partial charge in [0.2, 0.25) is 0 Å². The van der Waals surface area contributed by atoms with Crippen LogP contribution in [0.25, 0.3) is 117 Å². The number of rotatable bonds is 7. The molecule has 0 saturated heterocycles. The predicted octanol–water partition coefficient (Wildman–Crippen LogP) is 14.9. The van der Waals surface area contributed by atoms with Gasteiger partial charge in [0.1, 0.15) is 11.2 Å². The fraction of sp³-hybridized carbons (Fsp3) is 0. The first kappa shape index (κ1) is 35.5. The van der Waals surface area contributed by atoms with Crippen molar-refractivity contribution in [2.75, 3.05) is 0 Å². The largest absolute Gasteiger partial charge is 0.456 e. The van der Waals surface area contributed by atoms with Crippen molar-refractivity contribution in [2.45, 2.75) is 0 Å². The summed E-state index contributed by atoms with van der Waals surface area (Å²) >= 11 is 0. The molecule has 0 N–H and O–H groups in total. The number of nitrogens with zero attached hydrogens (tertiary/aromatic N) is 4. The highest BCUT2D eigenvalue weighted by Crippen LogP contribution is 2.41. The maximum Gasteiger partial charge on any atom is 0.164 e. The van der Waals surface area contributed by atoms with Gasteiger partial charge in [-0.05, 0) is 88.0 Å². The molecule has 290 valence electrons. The summed E-state index contributed by atoms with van der Waals surface area (Å²) in [6.45, 7) is 0. The van der Waals surface area contributed by atoms with Gasteiger partial charge in [-0.3, -0.25) is 0 Å². The lowest BCUT2D eigenvalue weighted by molar-refractivity contribution is 0.669. The molecule has 0 spiro atoms. The molecule has 62 heavy (non-hydrogen) atoms. The summed E-state index contributed by atoms with van der Waals surface area (Å²) in [6, 6.07) is 76.3. The Balaban J connectivity index is 0.981. The average Bonchev–Trinajstić information content (AvgIpc) is 3.90. The molecule has 0 unspecified atom stereocenters. The molecule has 9 aromatic carbocycles. The van der Waals surface area contributed by atoms with Crippen molar-refractivity contribution in [3.8, 4) is 73.2 Å². The summed E-state index contributed by atoms with van der Waals surface area (Å²) in [5.74, 6) is 1.78. The highest BCUT2D eigenvalue weighted by molar-refractivity contribution is 6.15. The van der Waals surface area contributed by atoms with Gasteiger partial charge in [-0.15, -0.1) is 0 Å². The number of para-hydroxylation sites is 2. The van der Waals surface area contributed by atoms with Crippen LogP contribution < -0.4 is 0 Å². The first-order chi connectivity index (χ1) is 30.7. The zero-order chi connectivity index (χ0) is 41.0. The van der Waals surface area contributed by atoms with E-state index in [9.17, 15) is 0 Å². The highest BCUT2D eigenvalue weighted by atomic mass is 16.3. The van der Waals surface area contributed by atoms with E-state index in [1.165, 1.54) is 21.8 Å². The van der Waals surface area contributed by atoms with Crippen LogP contribution >= 0.6 is 0 Å². The molecule has 0 aliphatic heterocycles. The maximum absolute atomic E-state index is 6.67. The smallest absolute Gasteiger partial charge is 0.164 e. The second kappa shape index (κ2) is 14.7. The van der Waals surface area contributed by atoms with Crippen LogP contribution in [-0.2, 0) is 0 Å². The molecule has 0 saturated carbocycles. The quantitative estimate of drug-likeness (QED) is 0.161. The molecule has 0 radical (unpaired) electrons. The number of hydrogen-bond donors (Lipinski definition) is 0. The topological polar surface area (TPSA) is 56.7 Å².